The van der Waals surface area contributed by atoms with Gasteiger partial charge in [0.15, 0.2) is 0 Å². The molecule has 15 heavy (non-hydrogen) atoms. The van der Waals surface area contributed by atoms with Crippen molar-refractivity contribution in [3.05, 3.63) is 0 Å². The monoisotopic (exact) mass is 210 g/mol. The second-order valence-electron chi connectivity index (χ2n) is 5.71. The smallest absolute Gasteiger partial charge is 0.0571 e. The van der Waals surface area contributed by atoms with Gasteiger partial charge in [0, 0.05) is 0 Å². The van der Waals surface area contributed by atoms with E-state index >= 15 is 0 Å². The van der Waals surface area contributed by atoms with Gasteiger partial charge in [0.1, 0.15) is 0 Å². The van der Waals surface area contributed by atoms with Gasteiger partial charge in [0.05, 0.1) is 6.10 Å². The summed E-state index contributed by atoms with van der Waals surface area (Å²) in [7, 11) is 0. The van der Waals surface area contributed by atoms with Crippen LogP contribution < -0.4 is 0 Å². The first-order chi connectivity index (χ1) is 7.36. The third-order valence-corrected chi connectivity index (χ3v) is 4.49. The van der Waals surface area contributed by atoms with Crippen LogP contribution in [0.3, 0.4) is 0 Å². The Kier molecular flexibility index (Phi) is 4.49. The Morgan fingerprint density at radius 1 is 0.800 bits per heavy atom. The van der Waals surface area contributed by atoms with Crippen LogP contribution in [-0.4, -0.2) is 11.2 Å². The van der Waals surface area contributed by atoms with Crippen LogP contribution in [-0.2, 0) is 0 Å². The fraction of sp³-hybridized carbons (Fsp3) is 1.00. The zero-order valence-corrected chi connectivity index (χ0v) is 9.96. The number of rotatable bonds is 3. The lowest BCUT2D eigenvalue weighted by Crippen LogP contribution is -2.26. The molecule has 1 N–H and O–H groups in total. The van der Waals surface area contributed by atoms with Crippen molar-refractivity contribution < 1.29 is 5.11 Å². The highest BCUT2D eigenvalue weighted by atomic mass is 16.3. The van der Waals surface area contributed by atoms with Crippen molar-refractivity contribution in [1.82, 2.24) is 0 Å². The van der Waals surface area contributed by atoms with E-state index in [0.717, 1.165) is 12.3 Å². The highest BCUT2D eigenvalue weighted by Crippen LogP contribution is 2.33. The van der Waals surface area contributed by atoms with Gasteiger partial charge < -0.3 is 5.11 Å². The van der Waals surface area contributed by atoms with Crippen LogP contribution in [0.25, 0.3) is 0 Å². The number of aliphatic hydroxyl groups excluding tert-OH is 1. The zero-order chi connectivity index (χ0) is 10.5. The highest BCUT2D eigenvalue weighted by Gasteiger charge is 2.25. The molecule has 2 fully saturated rings. The summed E-state index contributed by atoms with van der Waals surface area (Å²) < 4.78 is 0. The Morgan fingerprint density at radius 2 is 1.33 bits per heavy atom. The Morgan fingerprint density at radius 3 is 1.93 bits per heavy atom. The van der Waals surface area contributed by atoms with Crippen molar-refractivity contribution in [3.63, 3.8) is 0 Å². The second kappa shape index (κ2) is 5.89. The SMILES string of the molecule is OC(CC1CCCCC1)C1CCCCC1. The molecule has 2 rings (SSSR count). The molecule has 88 valence electrons. The molecule has 0 amide bonds. The summed E-state index contributed by atoms with van der Waals surface area (Å²) in [6.07, 6.45) is 14.8. The Bertz CT molecular complexity index is 166. The van der Waals surface area contributed by atoms with Gasteiger partial charge in [0.2, 0.25) is 0 Å². The van der Waals surface area contributed by atoms with Gasteiger partial charge in [-0.3, -0.25) is 0 Å². The fourth-order valence-corrected chi connectivity index (χ4v) is 3.48. The molecule has 1 unspecified atom stereocenters. The van der Waals surface area contributed by atoms with Crippen molar-refractivity contribution >= 4 is 0 Å². The van der Waals surface area contributed by atoms with E-state index in [9.17, 15) is 5.11 Å². The number of hydrogen-bond acceptors (Lipinski definition) is 1. The van der Waals surface area contributed by atoms with Crippen LogP contribution in [0, 0.1) is 11.8 Å². The molecule has 2 saturated carbocycles. The van der Waals surface area contributed by atoms with Gasteiger partial charge >= 0.3 is 0 Å². The van der Waals surface area contributed by atoms with E-state index in [1.165, 1.54) is 64.2 Å². The van der Waals surface area contributed by atoms with Crippen LogP contribution in [0.5, 0.6) is 0 Å². The van der Waals surface area contributed by atoms with E-state index in [-0.39, 0.29) is 6.10 Å². The highest BCUT2D eigenvalue weighted by molar-refractivity contribution is 4.77. The lowest BCUT2D eigenvalue weighted by molar-refractivity contribution is 0.0562. The van der Waals surface area contributed by atoms with Gasteiger partial charge in [-0.25, -0.2) is 0 Å². The molecule has 0 heterocycles. The van der Waals surface area contributed by atoms with Crippen molar-refractivity contribution in [3.8, 4) is 0 Å². The van der Waals surface area contributed by atoms with Crippen LogP contribution in [0.1, 0.15) is 70.6 Å². The predicted molar refractivity (Wildman–Crippen MR) is 63.8 cm³/mol. The quantitative estimate of drug-likeness (QED) is 0.749. The molecule has 0 aromatic heterocycles. The molecule has 0 radical (unpaired) electrons. The number of aliphatic hydroxyl groups is 1. The molecular formula is C14H26O. The molecule has 2 aliphatic carbocycles. The fourth-order valence-electron chi connectivity index (χ4n) is 3.48. The Hall–Kier alpha value is -0.0400. The molecule has 2 aliphatic rings. The van der Waals surface area contributed by atoms with Crippen LogP contribution in [0.15, 0.2) is 0 Å². The van der Waals surface area contributed by atoms with E-state index in [2.05, 4.69) is 0 Å². The van der Waals surface area contributed by atoms with E-state index in [0.29, 0.717) is 5.92 Å². The number of hydrogen-bond donors (Lipinski definition) is 1. The minimum absolute atomic E-state index is 0.0217. The molecule has 1 nitrogen and oxygen atoms in total. The zero-order valence-electron chi connectivity index (χ0n) is 9.96. The van der Waals surface area contributed by atoms with Crippen molar-refractivity contribution in [1.29, 1.82) is 0 Å². The van der Waals surface area contributed by atoms with Gasteiger partial charge in [-0.1, -0.05) is 51.4 Å². The maximum atomic E-state index is 10.2. The molecule has 0 aliphatic heterocycles. The molecule has 0 saturated heterocycles. The first-order valence-electron chi connectivity index (χ1n) is 7.04. The van der Waals surface area contributed by atoms with E-state index in [1.807, 2.05) is 0 Å². The first kappa shape index (κ1) is 11.4. The van der Waals surface area contributed by atoms with Crippen LogP contribution >= 0.6 is 0 Å². The second-order valence-corrected chi connectivity index (χ2v) is 5.71. The van der Waals surface area contributed by atoms with E-state index < -0.39 is 0 Å². The average molecular weight is 210 g/mol. The molecule has 0 aromatic rings. The largest absolute Gasteiger partial charge is 0.393 e. The third kappa shape index (κ3) is 3.48. The van der Waals surface area contributed by atoms with Gasteiger partial charge in [0.25, 0.3) is 0 Å². The van der Waals surface area contributed by atoms with Crippen molar-refractivity contribution in [2.75, 3.05) is 0 Å². The summed E-state index contributed by atoms with van der Waals surface area (Å²) in [4.78, 5) is 0. The van der Waals surface area contributed by atoms with E-state index in [1.54, 1.807) is 0 Å². The summed E-state index contributed by atoms with van der Waals surface area (Å²) in [5.74, 6) is 1.48. The lowest BCUT2D eigenvalue weighted by atomic mass is 9.78. The topological polar surface area (TPSA) is 20.2 Å². The summed E-state index contributed by atoms with van der Waals surface area (Å²) in [5.41, 5.74) is 0. The van der Waals surface area contributed by atoms with Gasteiger partial charge in [-0.05, 0) is 31.1 Å². The van der Waals surface area contributed by atoms with E-state index in [4.69, 9.17) is 0 Å². The minimum atomic E-state index is 0.0217. The molecule has 0 aromatic carbocycles. The molecule has 1 atom stereocenters. The van der Waals surface area contributed by atoms with Crippen LogP contribution in [0.4, 0.5) is 0 Å². The Balaban J connectivity index is 1.72. The van der Waals surface area contributed by atoms with Crippen molar-refractivity contribution in [2.45, 2.75) is 76.7 Å². The molecule has 0 bridgehead atoms. The predicted octanol–water partition coefficient (Wildman–Crippen LogP) is 3.90. The third-order valence-electron chi connectivity index (χ3n) is 4.49. The standard InChI is InChI=1S/C14H26O/c15-14(13-9-5-2-6-10-13)11-12-7-3-1-4-8-12/h12-15H,1-11H2. The summed E-state index contributed by atoms with van der Waals surface area (Å²) >= 11 is 0. The first-order valence-corrected chi connectivity index (χ1v) is 7.04. The summed E-state index contributed by atoms with van der Waals surface area (Å²) in [6.45, 7) is 0. The van der Waals surface area contributed by atoms with Crippen molar-refractivity contribution in [2.24, 2.45) is 11.8 Å². The van der Waals surface area contributed by atoms with Crippen LogP contribution in [0.2, 0.25) is 0 Å². The average Bonchev–Trinajstić information content (AvgIpc) is 2.31. The normalized spacial score (nSPS) is 27.8. The molecule has 1 heteroatoms. The molecular weight excluding hydrogens is 184 g/mol. The van der Waals surface area contributed by atoms with Gasteiger partial charge in [-0.15, -0.1) is 0 Å². The Labute approximate surface area is 94.3 Å². The summed E-state index contributed by atoms with van der Waals surface area (Å²) in [5, 5.41) is 10.2. The van der Waals surface area contributed by atoms with Gasteiger partial charge in [-0.2, -0.15) is 0 Å². The molecule has 0 spiro atoms. The maximum absolute atomic E-state index is 10.2. The lowest BCUT2D eigenvalue weighted by Gasteiger charge is -2.30. The minimum Gasteiger partial charge on any atom is -0.393 e. The summed E-state index contributed by atoms with van der Waals surface area (Å²) in [6, 6.07) is 0. The maximum Gasteiger partial charge on any atom is 0.0571 e.